The predicted molar refractivity (Wildman–Crippen MR) is 57.9 cm³/mol. The van der Waals surface area contributed by atoms with Crippen LogP contribution in [0.15, 0.2) is 0 Å². The molecule has 1 heterocycles. The Balaban J connectivity index is 2.51. The molecule has 0 aromatic heterocycles. The van der Waals surface area contributed by atoms with Crippen LogP contribution in [0.5, 0.6) is 0 Å². The Labute approximate surface area is 99.6 Å². The summed E-state index contributed by atoms with van der Waals surface area (Å²) in [5.74, 6) is -2.09. The highest BCUT2D eigenvalue weighted by Gasteiger charge is 2.28. The first kappa shape index (κ1) is 13.5. The van der Waals surface area contributed by atoms with Crippen molar-refractivity contribution in [1.82, 2.24) is 5.32 Å². The molecule has 1 aliphatic heterocycles. The van der Waals surface area contributed by atoms with E-state index in [9.17, 15) is 9.59 Å². The number of aliphatic carboxylic acids is 1. The minimum atomic E-state index is -1.11. The zero-order valence-corrected chi connectivity index (χ0v) is 9.68. The Hall–Kier alpha value is -1.61. The fourth-order valence-electron chi connectivity index (χ4n) is 1.66. The molecule has 1 amide bonds. The Morgan fingerprint density at radius 2 is 2.35 bits per heavy atom. The first-order chi connectivity index (χ1) is 8.04. The second kappa shape index (κ2) is 6.21. The first-order valence-corrected chi connectivity index (χ1v) is 5.55. The molecule has 0 radical (unpaired) electrons. The van der Waals surface area contributed by atoms with Crippen LogP contribution in [0.25, 0.3) is 0 Å². The number of carboxylic acids is 1. The summed E-state index contributed by atoms with van der Waals surface area (Å²) < 4.78 is 5.06. The van der Waals surface area contributed by atoms with E-state index in [4.69, 9.17) is 15.1 Å². The lowest BCUT2D eigenvalue weighted by molar-refractivity contribution is -0.142. The smallest absolute Gasteiger partial charge is 0.326 e. The third-order valence-corrected chi connectivity index (χ3v) is 2.72. The van der Waals surface area contributed by atoms with E-state index in [1.54, 1.807) is 6.92 Å². The third-order valence-electron chi connectivity index (χ3n) is 2.72. The molecule has 6 heteroatoms. The SMILES string of the molecule is C[C@H](C#N)C[C@H](NC(=O)[C@@H]1CCOC1)C(=O)O. The van der Waals surface area contributed by atoms with E-state index in [1.165, 1.54) is 0 Å². The summed E-state index contributed by atoms with van der Waals surface area (Å²) in [6.07, 6.45) is 0.733. The van der Waals surface area contributed by atoms with E-state index < -0.39 is 17.9 Å². The van der Waals surface area contributed by atoms with E-state index >= 15 is 0 Å². The summed E-state index contributed by atoms with van der Waals surface area (Å²) in [7, 11) is 0. The number of carbonyl (C=O) groups excluding carboxylic acids is 1. The average molecular weight is 240 g/mol. The maximum absolute atomic E-state index is 11.7. The number of amides is 1. The highest BCUT2D eigenvalue weighted by Crippen LogP contribution is 2.13. The maximum atomic E-state index is 11.7. The van der Waals surface area contributed by atoms with Gasteiger partial charge in [0.25, 0.3) is 0 Å². The molecule has 0 aliphatic carbocycles. The van der Waals surface area contributed by atoms with Crippen molar-refractivity contribution in [2.24, 2.45) is 11.8 Å². The molecule has 1 aliphatic rings. The topological polar surface area (TPSA) is 99.4 Å². The second-order valence-electron chi connectivity index (χ2n) is 4.23. The number of ether oxygens (including phenoxy) is 1. The van der Waals surface area contributed by atoms with Crippen molar-refractivity contribution in [3.63, 3.8) is 0 Å². The maximum Gasteiger partial charge on any atom is 0.326 e. The van der Waals surface area contributed by atoms with E-state index in [1.807, 2.05) is 6.07 Å². The van der Waals surface area contributed by atoms with Crippen LogP contribution in [-0.4, -0.2) is 36.2 Å². The lowest BCUT2D eigenvalue weighted by atomic mass is 10.0. The van der Waals surface area contributed by atoms with Gasteiger partial charge in [0, 0.05) is 12.5 Å². The van der Waals surface area contributed by atoms with E-state index in [0.29, 0.717) is 19.6 Å². The van der Waals surface area contributed by atoms with Crippen LogP contribution in [0, 0.1) is 23.2 Å². The normalized spacial score (nSPS) is 22.5. The molecule has 1 rings (SSSR count). The van der Waals surface area contributed by atoms with E-state index in [0.717, 1.165) is 0 Å². The number of nitrogens with one attached hydrogen (secondary N) is 1. The molecule has 0 unspecified atom stereocenters. The molecule has 17 heavy (non-hydrogen) atoms. The van der Waals surface area contributed by atoms with Crippen LogP contribution in [0.2, 0.25) is 0 Å². The molecule has 6 nitrogen and oxygen atoms in total. The van der Waals surface area contributed by atoms with Gasteiger partial charge < -0.3 is 15.2 Å². The molecule has 3 atom stereocenters. The molecule has 2 N–H and O–H groups in total. The molecule has 0 aromatic rings. The third kappa shape index (κ3) is 4.04. The largest absolute Gasteiger partial charge is 0.480 e. The summed E-state index contributed by atoms with van der Waals surface area (Å²) in [5, 5.41) is 20.0. The van der Waals surface area contributed by atoms with Crippen LogP contribution in [-0.2, 0) is 14.3 Å². The molecular weight excluding hydrogens is 224 g/mol. The first-order valence-electron chi connectivity index (χ1n) is 5.55. The molecule has 0 saturated carbocycles. The Kier molecular flexibility index (Phi) is 4.91. The van der Waals surface area contributed by atoms with Crippen molar-refractivity contribution in [3.8, 4) is 6.07 Å². The van der Waals surface area contributed by atoms with Gasteiger partial charge in [-0.1, -0.05) is 0 Å². The molecule has 94 valence electrons. The second-order valence-corrected chi connectivity index (χ2v) is 4.23. The van der Waals surface area contributed by atoms with Gasteiger partial charge in [0.05, 0.1) is 18.6 Å². The van der Waals surface area contributed by atoms with Gasteiger partial charge in [0.2, 0.25) is 5.91 Å². The van der Waals surface area contributed by atoms with Crippen molar-refractivity contribution in [3.05, 3.63) is 0 Å². The highest BCUT2D eigenvalue weighted by atomic mass is 16.5. The molecule has 0 aromatic carbocycles. The minimum absolute atomic E-state index is 0.116. The van der Waals surface area contributed by atoms with Crippen LogP contribution < -0.4 is 5.32 Å². The van der Waals surface area contributed by atoms with Crippen molar-refractivity contribution in [1.29, 1.82) is 5.26 Å². The van der Waals surface area contributed by atoms with Gasteiger partial charge in [-0.25, -0.2) is 4.79 Å². The standard InChI is InChI=1S/C11H16N2O4/c1-7(5-12)4-9(11(15)16)13-10(14)8-2-3-17-6-8/h7-9H,2-4,6H2,1H3,(H,13,14)(H,15,16)/t7-,8+,9-/m0/s1. The fraction of sp³-hybridized carbons (Fsp3) is 0.727. The molecule has 0 spiro atoms. The summed E-state index contributed by atoms with van der Waals surface area (Å²) in [6, 6.07) is 0.952. The molecule has 1 fully saturated rings. The molecular formula is C11H16N2O4. The number of carbonyl (C=O) groups is 2. The summed E-state index contributed by atoms with van der Waals surface area (Å²) in [6.45, 7) is 2.50. The fourth-order valence-corrected chi connectivity index (χ4v) is 1.66. The molecule has 1 saturated heterocycles. The van der Waals surface area contributed by atoms with Gasteiger partial charge in [0.1, 0.15) is 6.04 Å². The number of nitrogens with zero attached hydrogens (tertiary/aromatic N) is 1. The van der Waals surface area contributed by atoms with Gasteiger partial charge >= 0.3 is 5.97 Å². The zero-order chi connectivity index (χ0) is 12.8. The van der Waals surface area contributed by atoms with Gasteiger partial charge in [-0.2, -0.15) is 5.26 Å². The number of carboxylic acid groups (broad SMARTS) is 1. The lowest BCUT2D eigenvalue weighted by Gasteiger charge is -2.17. The van der Waals surface area contributed by atoms with Crippen LogP contribution in [0.1, 0.15) is 19.8 Å². The minimum Gasteiger partial charge on any atom is -0.480 e. The number of rotatable bonds is 5. The van der Waals surface area contributed by atoms with Gasteiger partial charge in [0.15, 0.2) is 0 Å². The van der Waals surface area contributed by atoms with Crippen molar-refractivity contribution in [2.75, 3.05) is 13.2 Å². The summed E-state index contributed by atoms with van der Waals surface area (Å²) >= 11 is 0. The predicted octanol–water partition coefficient (Wildman–Crippen LogP) is 0.142. The number of nitriles is 1. The van der Waals surface area contributed by atoms with E-state index in [-0.39, 0.29) is 18.2 Å². The van der Waals surface area contributed by atoms with Crippen molar-refractivity contribution >= 4 is 11.9 Å². The van der Waals surface area contributed by atoms with Crippen LogP contribution in [0.4, 0.5) is 0 Å². The van der Waals surface area contributed by atoms with Crippen molar-refractivity contribution in [2.45, 2.75) is 25.8 Å². The summed E-state index contributed by atoms with van der Waals surface area (Å²) in [4.78, 5) is 22.6. The quantitative estimate of drug-likeness (QED) is 0.712. The number of hydrogen-bond acceptors (Lipinski definition) is 4. The van der Waals surface area contributed by atoms with Gasteiger partial charge in [-0.05, 0) is 19.8 Å². The zero-order valence-electron chi connectivity index (χ0n) is 9.68. The molecule has 0 bridgehead atoms. The van der Waals surface area contributed by atoms with Crippen molar-refractivity contribution < 1.29 is 19.4 Å². The average Bonchev–Trinajstić information content (AvgIpc) is 2.81. The van der Waals surface area contributed by atoms with Crippen LogP contribution in [0.3, 0.4) is 0 Å². The Bertz CT molecular complexity index is 331. The van der Waals surface area contributed by atoms with E-state index in [2.05, 4.69) is 5.32 Å². The van der Waals surface area contributed by atoms with Gasteiger partial charge in [-0.15, -0.1) is 0 Å². The summed E-state index contributed by atoms with van der Waals surface area (Å²) in [5.41, 5.74) is 0. The highest BCUT2D eigenvalue weighted by molar-refractivity contribution is 5.85. The van der Waals surface area contributed by atoms with Crippen LogP contribution >= 0.6 is 0 Å². The monoisotopic (exact) mass is 240 g/mol. The Morgan fingerprint density at radius 1 is 1.65 bits per heavy atom. The Morgan fingerprint density at radius 3 is 2.82 bits per heavy atom. The number of hydrogen-bond donors (Lipinski definition) is 2. The lowest BCUT2D eigenvalue weighted by Crippen LogP contribution is -2.44. The van der Waals surface area contributed by atoms with Gasteiger partial charge in [-0.3, -0.25) is 4.79 Å².